The number of imidazole rings is 1. The van der Waals surface area contributed by atoms with Gasteiger partial charge in [-0.3, -0.25) is 4.79 Å². The van der Waals surface area contributed by atoms with Crippen molar-refractivity contribution in [3.8, 4) is 17.2 Å². The molecule has 0 saturated heterocycles. The number of hydrogen-bond acceptors (Lipinski definition) is 7. The molecule has 150 valence electrons. The largest absolute Gasteiger partial charge is 0.496 e. The zero-order chi connectivity index (χ0) is 20.8. The molecule has 3 aromatic rings. The van der Waals surface area contributed by atoms with Gasteiger partial charge in [0.2, 0.25) is 5.82 Å². The topological polar surface area (TPSA) is 110 Å². The molecule has 2 N–H and O–H groups in total. The van der Waals surface area contributed by atoms with Crippen molar-refractivity contribution in [2.45, 2.75) is 0 Å². The molecule has 29 heavy (non-hydrogen) atoms. The second kappa shape index (κ2) is 9.07. The summed E-state index contributed by atoms with van der Waals surface area (Å²) in [4.78, 5) is 19.4. The van der Waals surface area contributed by atoms with E-state index in [4.69, 9.17) is 25.8 Å². The van der Waals surface area contributed by atoms with Crippen LogP contribution in [0.25, 0.3) is 0 Å². The number of carbonyl (C=O) groups is 1. The van der Waals surface area contributed by atoms with Gasteiger partial charge in [0.1, 0.15) is 5.75 Å². The van der Waals surface area contributed by atoms with Crippen LogP contribution >= 0.6 is 11.6 Å². The second-order valence-electron chi connectivity index (χ2n) is 5.64. The van der Waals surface area contributed by atoms with Crippen LogP contribution in [0, 0.1) is 0 Å². The van der Waals surface area contributed by atoms with E-state index in [1.165, 1.54) is 27.7 Å². The summed E-state index contributed by atoms with van der Waals surface area (Å²) < 4.78 is 15.9. The van der Waals surface area contributed by atoms with Gasteiger partial charge in [0.05, 0.1) is 27.7 Å². The Bertz CT molecular complexity index is 1010. The summed E-state index contributed by atoms with van der Waals surface area (Å²) in [5.74, 6) is 1.02. The van der Waals surface area contributed by atoms with Crippen molar-refractivity contribution in [2.24, 2.45) is 10.2 Å². The van der Waals surface area contributed by atoms with Gasteiger partial charge in [0, 0.05) is 22.8 Å². The monoisotopic (exact) mass is 415 g/mol. The van der Waals surface area contributed by atoms with E-state index in [0.717, 1.165) is 0 Å². The van der Waals surface area contributed by atoms with E-state index in [9.17, 15) is 4.79 Å². The molecule has 1 amide bonds. The van der Waals surface area contributed by atoms with Gasteiger partial charge in [-0.2, -0.15) is 0 Å². The number of benzene rings is 2. The number of nitrogens with zero attached hydrogens (tertiary/aromatic N) is 3. The van der Waals surface area contributed by atoms with Gasteiger partial charge in [-0.1, -0.05) is 11.6 Å². The lowest BCUT2D eigenvalue weighted by Crippen LogP contribution is -2.12. The molecule has 0 atom stereocenters. The molecule has 3 rings (SSSR count). The number of rotatable bonds is 7. The van der Waals surface area contributed by atoms with Gasteiger partial charge in [0.25, 0.3) is 5.91 Å². The number of methoxy groups -OCH3 is 3. The summed E-state index contributed by atoms with van der Waals surface area (Å²) in [7, 11) is 4.52. The van der Waals surface area contributed by atoms with Gasteiger partial charge >= 0.3 is 0 Å². The molecule has 0 aliphatic heterocycles. The van der Waals surface area contributed by atoms with Gasteiger partial charge in [-0.05, 0) is 24.3 Å². The second-order valence-corrected chi connectivity index (χ2v) is 6.08. The highest BCUT2D eigenvalue weighted by atomic mass is 35.5. The Morgan fingerprint density at radius 3 is 2.28 bits per heavy atom. The van der Waals surface area contributed by atoms with Crippen LogP contribution in [0.3, 0.4) is 0 Å². The summed E-state index contributed by atoms with van der Waals surface area (Å²) in [6.07, 6.45) is 1.35. The first-order valence-electron chi connectivity index (χ1n) is 8.37. The minimum atomic E-state index is -0.424. The van der Waals surface area contributed by atoms with E-state index in [1.807, 2.05) is 0 Å². The van der Waals surface area contributed by atoms with Crippen molar-refractivity contribution >= 4 is 34.7 Å². The summed E-state index contributed by atoms with van der Waals surface area (Å²) in [6.45, 7) is 0. The molecule has 0 radical (unpaired) electrons. The average molecular weight is 416 g/mol. The molecule has 0 aliphatic carbocycles. The third-order valence-electron chi connectivity index (χ3n) is 3.88. The number of H-pyrrole nitrogens is 1. The number of aromatic nitrogens is 2. The maximum absolute atomic E-state index is 12.5. The lowest BCUT2D eigenvalue weighted by molar-refractivity contribution is 0.102. The number of amides is 1. The summed E-state index contributed by atoms with van der Waals surface area (Å²) in [5, 5.41) is 11.6. The normalized spacial score (nSPS) is 10.8. The Hall–Kier alpha value is -3.59. The highest BCUT2D eigenvalue weighted by Gasteiger charge is 2.17. The van der Waals surface area contributed by atoms with E-state index in [-0.39, 0.29) is 11.5 Å². The third kappa shape index (κ3) is 4.64. The first kappa shape index (κ1) is 20.2. The SMILES string of the molecule is COc1cc(OC)c(N=Nc2nc[nH]c2C(=O)Nc2ccc(Cl)cc2)c(OC)c1. The van der Waals surface area contributed by atoms with E-state index < -0.39 is 5.91 Å². The number of hydrogen-bond donors (Lipinski definition) is 2. The van der Waals surface area contributed by atoms with Gasteiger partial charge in [0.15, 0.2) is 22.9 Å². The molecule has 0 saturated carbocycles. The fourth-order valence-electron chi connectivity index (χ4n) is 2.44. The molecule has 9 nitrogen and oxygen atoms in total. The number of aromatic amines is 1. The number of carbonyl (C=O) groups excluding carboxylic acids is 1. The standard InChI is InChI=1S/C19H18ClN5O4/c1-27-13-8-14(28-2)16(15(9-13)29-3)24-25-18-17(21-10-22-18)19(26)23-12-6-4-11(20)5-7-12/h4-10H,1-3H3,(H,21,22)(H,23,26). The predicted molar refractivity (Wildman–Crippen MR) is 108 cm³/mol. The van der Waals surface area contributed by atoms with Crippen molar-refractivity contribution in [1.29, 1.82) is 0 Å². The third-order valence-corrected chi connectivity index (χ3v) is 4.13. The Labute approximate surface area is 171 Å². The van der Waals surface area contributed by atoms with Gasteiger partial charge < -0.3 is 24.5 Å². The number of azo groups is 1. The lowest BCUT2D eigenvalue weighted by atomic mass is 10.2. The molecule has 0 spiro atoms. The lowest BCUT2D eigenvalue weighted by Gasteiger charge is -2.11. The number of ether oxygens (including phenoxy) is 3. The minimum absolute atomic E-state index is 0.108. The van der Waals surface area contributed by atoms with Crippen molar-refractivity contribution in [3.05, 3.63) is 53.4 Å². The van der Waals surface area contributed by atoms with Crippen LogP contribution in [0.4, 0.5) is 17.2 Å². The highest BCUT2D eigenvalue weighted by Crippen LogP contribution is 2.41. The fourth-order valence-corrected chi connectivity index (χ4v) is 2.57. The van der Waals surface area contributed by atoms with E-state index in [1.54, 1.807) is 36.4 Å². The highest BCUT2D eigenvalue weighted by molar-refractivity contribution is 6.30. The smallest absolute Gasteiger partial charge is 0.276 e. The first-order chi connectivity index (χ1) is 14.0. The van der Waals surface area contributed by atoms with Crippen molar-refractivity contribution in [3.63, 3.8) is 0 Å². The average Bonchev–Trinajstić information content (AvgIpc) is 3.22. The Kier molecular flexibility index (Phi) is 6.30. The summed E-state index contributed by atoms with van der Waals surface area (Å²) in [5.41, 5.74) is 1.06. The van der Waals surface area contributed by atoms with Crippen molar-refractivity contribution < 1.29 is 19.0 Å². The number of halogens is 1. The van der Waals surface area contributed by atoms with Crippen LogP contribution in [0.5, 0.6) is 17.2 Å². The van der Waals surface area contributed by atoms with E-state index in [0.29, 0.717) is 33.6 Å². The Morgan fingerprint density at radius 2 is 1.69 bits per heavy atom. The fraction of sp³-hybridized carbons (Fsp3) is 0.158. The summed E-state index contributed by atoms with van der Waals surface area (Å²) in [6, 6.07) is 10.0. The van der Waals surface area contributed by atoms with Crippen LogP contribution < -0.4 is 19.5 Å². The van der Waals surface area contributed by atoms with E-state index >= 15 is 0 Å². The Morgan fingerprint density at radius 1 is 1.03 bits per heavy atom. The molecule has 0 fully saturated rings. The molecule has 2 aromatic carbocycles. The summed E-state index contributed by atoms with van der Waals surface area (Å²) >= 11 is 5.86. The Balaban J connectivity index is 1.87. The maximum atomic E-state index is 12.5. The van der Waals surface area contributed by atoms with Crippen molar-refractivity contribution in [2.75, 3.05) is 26.6 Å². The molecule has 0 bridgehead atoms. The van der Waals surface area contributed by atoms with E-state index in [2.05, 4.69) is 25.5 Å². The van der Waals surface area contributed by atoms with Crippen LogP contribution in [0.1, 0.15) is 10.5 Å². The molecular formula is C19H18ClN5O4. The molecular weight excluding hydrogens is 398 g/mol. The maximum Gasteiger partial charge on any atom is 0.276 e. The van der Waals surface area contributed by atoms with Crippen LogP contribution in [0.15, 0.2) is 53.0 Å². The molecule has 1 heterocycles. The molecule has 0 aliphatic rings. The quantitative estimate of drug-likeness (QED) is 0.540. The van der Waals surface area contributed by atoms with Crippen LogP contribution in [0.2, 0.25) is 5.02 Å². The first-order valence-corrected chi connectivity index (χ1v) is 8.75. The van der Waals surface area contributed by atoms with Crippen LogP contribution in [-0.2, 0) is 0 Å². The number of anilines is 1. The van der Waals surface area contributed by atoms with Gasteiger partial charge in [-0.25, -0.2) is 4.98 Å². The minimum Gasteiger partial charge on any atom is -0.496 e. The van der Waals surface area contributed by atoms with Gasteiger partial charge in [-0.15, -0.1) is 10.2 Å². The zero-order valence-electron chi connectivity index (χ0n) is 15.9. The molecule has 0 unspecified atom stereocenters. The zero-order valence-corrected chi connectivity index (χ0v) is 16.6. The molecule has 10 heteroatoms. The van der Waals surface area contributed by atoms with Crippen LogP contribution in [-0.4, -0.2) is 37.2 Å². The predicted octanol–water partition coefficient (Wildman–Crippen LogP) is 4.76. The number of nitrogens with one attached hydrogen (secondary N) is 2. The van der Waals surface area contributed by atoms with Crippen molar-refractivity contribution in [1.82, 2.24) is 9.97 Å². The molecule has 1 aromatic heterocycles.